The van der Waals surface area contributed by atoms with E-state index in [9.17, 15) is 4.79 Å². The minimum Gasteiger partial charge on any atom is -0.356 e. The van der Waals surface area contributed by atoms with E-state index in [1.807, 2.05) is 32.0 Å². The van der Waals surface area contributed by atoms with Crippen molar-refractivity contribution in [2.75, 3.05) is 6.54 Å². The van der Waals surface area contributed by atoms with Crippen molar-refractivity contribution in [2.45, 2.75) is 39.2 Å². The molecule has 0 heterocycles. The highest BCUT2D eigenvalue weighted by molar-refractivity contribution is 9.10. The number of rotatable bonds is 7. The van der Waals surface area contributed by atoms with Gasteiger partial charge in [-0.15, -0.1) is 12.4 Å². The van der Waals surface area contributed by atoms with Gasteiger partial charge in [0, 0.05) is 23.0 Å². The van der Waals surface area contributed by atoms with Crippen LogP contribution in [0.15, 0.2) is 28.7 Å². The third-order valence-corrected chi connectivity index (χ3v) is 3.96. The van der Waals surface area contributed by atoms with E-state index in [1.54, 1.807) is 0 Å². The summed E-state index contributed by atoms with van der Waals surface area (Å²) >= 11 is 3.53. The monoisotopic (exact) mass is 362 g/mol. The fourth-order valence-electron chi connectivity index (χ4n) is 1.92. The summed E-state index contributed by atoms with van der Waals surface area (Å²) in [4.78, 5) is 12.1. The molecule has 0 radical (unpaired) electrons. The molecule has 0 aromatic heterocycles. The summed E-state index contributed by atoms with van der Waals surface area (Å²) in [6.07, 6.45) is 2.42. The highest BCUT2D eigenvalue weighted by Crippen LogP contribution is 2.21. The van der Waals surface area contributed by atoms with Crippen LogP contribution >= 0.6 is 28.3 Å². The molecule has 20 heavy (non-hydrogen) atoms. The second-order valence-electron chi connectivity index (χ2n) is 4.96. The SMILES string of the molecule is CCC(Cc1ccccc1Br)C(=O)NCCC(C)N.Cl. The molecule has 2 atom stereocenters. The fourth-order valence-corrected chi connectivity index (χ4v) is 2.37. The zero-order valence-corrected chi connectivity index (χ0v) is 14.5. The van der Waals surface area contributed by atoms with E-state index in [4.69, 9.17) is 5.73 Å². The van der Waals surface area contributed by atoms with Crippen molar-refractivity contribution in [1.82, 2.24) is 5.32 Å². The van der Waals surface area contributed by atoms with Crippen molar-refractivity contribution in [3.05, 3.63) is 34.3 Å². The molecule has 0 aliphatic heterocycles. The van der Waals surface area contributed by atoms with Gasteiger partial charge in [-0.1, -0.05) is 41.1 Å². The molecule has 0 fully saturated rings. The Balaban J connectivity index is 0.00000361. The summed E-state index contributed by atoms with van der Waals surface area (Å²) in [7, 11) is 0. The van der Waals surface area contributed by atoms with Gasteiger partial charge in [-0.3, -0.25) is 4.79 Å². The van der Waals surface area contributed by atoms with E-state index >= 15 is 0 Å². The predicted octanol–water partition coefficient (Wildman–Crippen LogP) is 3.29. The van der Waals surface area contributed by atoms with Gasteiger partial charge in [0.25, 0.3) is 0 Å². The zero-order chi connectivity index (χ0) is 14.3. The van der Waals surface area contributed by atoms with Gasteiger partial charge in [-0.05, 0) is 37.8 Å². The Kier molecular flexibility index (Phi) is 9.90. The van der Waals surface area contributed by atoms with Crippen molar-refractivity contribution in [3.63, 3.8) is 0 Å². The summed E-state index contributed by atoms with van der Waals surface area (Å²) < 4.78 is 1.07. The molecule has 0 bridgehead atoms. The molecule has 114 valence electrons. The predicted molar refractivity (Wildman–Crippen MR) is 90.2 cm³/mol. The summed E-state index contributed by atoms with van der Waals surface area (Å²) in [6.45, 7) is 4.65. The van der Waals surface area contributed by atoms with Crippen LogP contribution in [0.4, 0.5) is 0 Å². The molecule has 0 aliphatic rings. The molecular formula is C15H24BrClN2O. The molecule has 1 amide bonds. The number of carbonyl (C=O) groups excluding carboxylic acids is 1. The Hall–Kier alpha value is -0.580. The average Bonchev–Trinajstić information content (AvgIpc) is 2.37. The Bertz CT molecular complexity index is 413. The maximum atomic E-state index is 12.1. The van der Waals surface area contributed by atoms with Gasteiger partial charge in [0.15, 0.2) is 0 Å². The van der Waals surface area contributed by atoms with Crippen LogP contribution in [0.5, 0.6) is 0 Å². The third kappa shape index (κ3) is 6.73. The second-order valence-corrected chi connectivity index (χ2v) is 5.81. The first-order valence-electron chi connectivity index (χ1n) is 6.81. The largest absolute Gasteiger partial charge is 0.356 e. The van der Waals surface area contributed by atoms with Crippen LogP contribution < -0.4 is 11.1 Å². The fraction of sp³-hybridized carbons (Fsp3) is 0.533. The van der Waals surface area contributed by atoms with Crippen LogP contribution in [0.1, 0.15) is 32.3 Å². The molecule has 3 N–H and O–H groups in total. The molecule has 1 aromatic rings. The number of halogens is 2. The van der Waals surface area contributed by atoms with Crippen molar-refractivity contribution in [2.24, 2.45) is 11.7 Å². The first kappa shape index (κ1) is 19.4. The van der Waals surface area contributed by atoms with Gasteiger partial charge in [-0.2, -0.15) is 0 Å². The number of carbonyl (C=O) groups is 1. The van der Waals surface area contributed by atoms with Crippen LogP contribution in [-0.2, 0) is 11.2 Å². The number of hydrogen-bond acceptors (Lipinski definition) is 2. The molecule has 3 nitrogen and oxygen atoms in total. The van der Waals surface area contributed by atoms with Gasteiger partial charge < -0.3 is 11.1 Å². The maximum absolute atomic E-state index is 12.1. The van der Waals surface area contributed by atoms with Crippen molar-refractivity contribution < 1.29 is 4.79 Å². The molecule has 1 aromatic carbocycles. The summed E-state index contributed by atoms with van der Waals surface area (Å²) in [5, 5.41) is 2.97. The molecule has 0 aliphatic carbocycles. The van der Waals surface area contributed by atoms with Gasteiger partial charge in [0.2, 0.25) is 5.91 Å². The second kappa shape index (κ2) is 10.2. The van der Waals surface area contributed by atoms with Gasteiger partial charge in [0.1, 0.15) is 0 Å². The van der Waals surface area contributed by atoms with Crippen LogP contribution in [0.25, 0.3) is 0 Å². The van der Waals surface area contributed by atoms with Crippen molar-refractivity contribution in [3.8, 4) is 0 Å². The quantitative estimate of drug-likeness (QED) is 0.781. The average molecular weight is 364 g/mol. The molecule has 5 heteroatoms. The van der Waals surface area contributed by atoms with Crippen molar-refractivity contribution in [1.29, 1.82) is 0 Å². The molecule has 0 saturated heterocycles. The lowest BCUT2D eigenvalue weighted by Crippen LogP contribution is -2.34. The summed E-state index contributed by atoms with van der Waals surface area (Å²) in [5.41, 5.74) is 6.85. The van der Waals surface area contributed by atoms with Crippen LogP contribution in [-0.4, -0.2) is 18.5 Å². The zero-order valence-electron chi connectivity index (χ0n) is 12.1. The number of benzene rings is 1. The summed E-state index contributed by atoms with van der Waals surface area (Å²) in [6, 6.07) is 8.18. The van der Waals surface area contributed by atoms with E-state index in [0.717, 1.165) is 23.7 Å². The van der Waals surface area contributed by atoms with Gasteiger partial charge in [-0.25, -0.2) is 0 Å². The highest BCUT2D eigenvalue weighted by Gasteiger charge is 2.17. The Labute approximate surface area is 136 Å². The van der Waals surface area contributed by atoms with E-state index in [1.165, 1.54) is 5.56 Å². The van der Waals surface area contributed by atoms with E-state index in [0.29, 0.717) is 6.54 Å². The van der Waals surface area contributed by atoms with Crippen LogP contribution in [0, 0.1) is 5.92 Å². The Morgan fingerprint density at radius 1 is 1.40 bits per heavy atom. The van der Waals surface area contributed by atoms with Gasteiger partial charge >= 0.3 is 0 Å². The first-order chi connectivity index (χ1) is 9.04. The molecule has 0 spiro atoms. The minimum absolute atomic E-state index is 0. The van der Waals surface area contributed by atoms with Crippen LogP contribution in [0.3, 0.4) is 0 Å². The minimum atomic E-state index is 0. The highest BCUT2D eigenvalue weighted by atomic mass is 79.9. The standard InChI is InChI=1S/C15H23BrN2O.ClH/c1-3-12(15(19)18-9-8-11(2)17)10-13-6-4-5-7-14(13)16;/h4-7,11-12H,3,8-10,17H2,1-2H3,(H,18,19);1H. The molecule has 0 saturated carbocycles. The Morgan fingerprint density at radius 3 is 2.60 bits per heavy atom. The molecular weight excluding hydrogens is 340 g/mol. The molecule has 2 unspecified atom stereocenters. The topological polar surface area (TPSA) is 55.1 Å². The van der Waals surface area contributed by atoms with Crippen LogP contribution in [0.2, 0.25) is 0 Å². The summed E-state index contributed by atoms with van der Waals surface area (Å²) in [5.74, 6) is 0.144. The maximum Gasteiger partial charge on any atom is 0.223 e. The van der Waals surface area contributed by atoms with E-state index in [-0.39, 0.29) is 30.3 Å². The number of hydrogen-bond donors (Lipinski definition) is 2. The van der Waals surface area contributed by atoms with Crippen molar-refractivity contribution >= 4 is 34.2 Å². The lowest BCUT2D eigenvalue weighted by atomic mass is 9.96. The smallest absolute Gasteiger partial charge is 0.223 e. The van der Waals surface area contributed by atoms with Gasteiger partial charge in [0.05, 0.1) is 0 Å². The normalized spacial score (nSPS) is 13.2. The third-order valence-electron chi connectivity index (χ3n) is 3.19. The number of nitrogens with two attached hydrogens (primary N) is 1. The lowest BCUT2D eigenvalue weighted by molar-refractivity contribution is -0.125. The van der Waals surface area contributed by atoms with E-state index in [2.05, 4.69) is 27.3 Å². The number of nitrogens with one attached hydrogen (secondary N) is 1. The van der Waals surface area contributed by atoms with E-state index < -0.39 is 0 Å². The number of amides is 1. The molecule has 1 rings (SSSR count). The first-order valence-corrected chi connectivity index (χ1v) is 7.60. The Morgan fingerprint density at radius 2 is 2.05 bits per heavy atom. The lowest BCUT2D eigenvalue weighted by Gasteiger charge is -2.16.